The second-order valence-corrected chi connectivity index (χ2v) is 6.80. The molecule has 1 heterocycles. The van der Waals surface area contributed by atoms with Crippen molar-refractivity contribution in [3.05, 3.63) is 82.0 Å². The predicted octanol–water partition coefficient (Wildman–Crippen LogP) is 4.83. The van der Waals surface area contributed by atoms with E-state index in [1.165, 1.54) is 11.3 Å². The molecule has 3 aromatic rings. The fraction of sp³-hybridized carbons (Fsp3) is 0.190. The molecule has 0 aliphatic carbocycles. The quantitative estimate of drug-likeness (QED) is 0.651. The number of rotatable bonds is 7. The fourth-order valence-electron chi connectivity index (χ4n) is 2.50. The minimum Gasteiger partial charge on any atom is -0.497 e. The van der Waals surface area contributed by atoms with E-state index in [0.29, 0.717) is 11.5 Å². The minimum atomic E-state index is -0.0675. The van der Waals surface area contributed by atoms with Gasteiger partial charge in [-0.2, -0.15) is 0 Å². The van der Waals surface area contributed by atoms with Gasteiger partial charge in [0.15, 0.2) is 0 Å². The lowest BCUT2D eigenvalue weighted by Crippen LogP contribution is -2.25. The maximum absolute atomic E-state index is 12.4. The van der Waals surface area contributed by atoms with Crippen LogP contribution in [-0.2, 0) is 6.61 Å². The number of carbonyl (C=O) groups is 1. The molecule has 0 spiro atoms. The summed E-state index contributed by atoms with van der Waals surface area (Å²) in [5, 5.41) is 4.98. The van der Waals surface area contributed by atoms with Gasteiger partial charge in [-0.1, -0.05) is 30.3 Å². The van der Waals surface area contributed by atoms with Gasteiger partial charge in [-0.3, -0.25) is 4.79 Å². The zero-order valence-corrected chi connectivity index (χ0v) is 15.6. The molecule has 0 bridgehead atoms. The summed E-state index contributed by atoms with van der Waals surface area (Å²) in [5.41, 5.74) is 2.06. The maximum Gasteiger partial charge on any atom is 0.261 e. The molecule has 0 fully saturated rings. The topological polar surface area (TPSA) is 47.6 Å². The van der Waals surface area contributed by atoms with Crippen molar-refractivity contribution >= 4 is 17.2 Å². The van der Waals surface area contributed by atoms with E-state index >= 15 is 0 Å². The first-order valence-electron chi connectivity index (χ1n) is 8.36. The van der Waals surface area contributed by atoms with Crippen LogP contribution in [0.1, 0.15) is 33.8 Å². The van der Waals surface area contributed by atoms with Crippen LogP contribution < -0.4 is 14.8 Å². The molecule has 4 nitrogen and oxygen atoms in total. The van der Waals surface area contributed by atoms with Gasteiger partial charge in [0.1, 0.15) is 18.1 Å². The van der Waals surface area contributed by atoms with Crippen LogP contribution in [0.25, 0.3) is 0 Å². The van der Waals surface area contributed by atoms with Crippen molar-refractivity contribution in [3.8, 4) is 11.5 Å². The molecule has 26 heavy (non-hydrogen) atoms. The van der Waals surface area contributed by atoms with E-state index in [9.17, 15) is 4.79 Å². The van der Waals surface area contributed by atoms with Crippen LogP contribution in [0, 0.1) is 0 Å². The normalized spacial score (nSPS) is 11.6. The van der Waals surface area contributed by atoms with Crippen molar-refractivity contribution in [1.82, 2.24) is 5.32 Å². The Morgan fingerprint density at radius 3 is 2.46 bits per heavy atom. The summed E-state index contributed by atoms with van der Waals surface area (Å²) in [4.78, 5) is 13.1. The Bertz CT molecular complexity index is 843. The molecule has 2 aromatic carbocycles. The Morgan fingerprint density at radius 1 is 1.08 bits per heavy atom. The van der Waals surface area contributed by atoms with E-state index in [4.69, 9.17) is 9.47 Å². The highest BCUT2D eigenvalue weighted by Gasteiger charge is 2.13. The molecule has 1 unspecified atom stereocenters. The van der Waals surface area contributed by atoms with Crippen LogP contribution in [0.2, 0.25) is 0 Å². The van der Waals surface area contributed by atoms with Crippen LogP contribution in [-0.4, -0.2) is 13.0 Å². The highest BCUT2D eigenvalue weighted by Crippen LogP contribution is 2.21. The molecule has 1 aromatic heterocycles. The average Bonchev–Trinajstić information content (AvgIpc) is 3.16. The molecule has 5 heteroatoms. The molecule has 0 radical (unpaired) electrons. The average molecular weight is 367 g/mol. The van der Waals surface area contributed by atoms with Crippen LogP contribution in [0.3, 0.4) is 0 Å². The lowest BCUT2D eigenvalue weighted by molar-refractivity contribution is 0.0944. The molecule has 3 rings (SSSR count). The lowest BCUT2D eigenvalue weighted by atomic mass is 10.1. The molecule has 0 aliphatic heterocycles. The Morgan fingerprint density at radius 2 is 1.77 bits per heavy atom. The number of amides is 1. The van der Waals surface area contributed by atoms with Crippen molar-refractivity contribution in [2.75, 3.05) is 7.11 Å². The van der Waals surface area contributed by atoms with E-state index in [0.717, 1.165) is 22.6 Å². The zero-order valence-electron chi connectivity index (χ0n) is 14.8. The van der Waals surface area contributed by atoms with Crippen molar-refractivity contribution in [1.29, 1.82) is 0 Å². The highest BCUT2D eigenvalue weighted by atomic mass is 32.1. The van der Waals surface area contributed by atoms with E-state index in [1.807, 2.05) is 73.0 Å². The summed E-state index contributed by atoms with van der Waals surface area (Å²) in [6, 6.07) is 19.2. The molecular formula is C21H21NO3S. The first-order chi connectivity index (χ1) is 12.7. The van der Waals surface area contributed by atoms with E-state index in [1.54, 1.807) is 7.11 Å². The SMILES string of the molecule is COc1ccc(OCc2csc(C(=O)NC(C)c3ccccc3)c2)cc1. The van der Waals surface area contributed by atoms with Crippen LogP contribution in [0.4, 0.5) is 0 Å². The number of nitrogens with one attached hydrogen (secondary N) is 1. The summed E-state index contributed by atoms with van der Waals surface area (Å²) in [6.45, 7) is 2.40. The maximum atomic E-state index is 12.4. The lowest BCUT2D eigenvalue weighted by Gasteiger charge is -2.13. The van der Waals surface area contributed by atoms with Crippen molar-refractivity contribution in [3.63, 3.8) is 0 Å². The van der Waals surface area contributed by atoms with Gasteiger partial charge in [0.25, 0.3) is 5.91 Å². The van der Waals surface area contributed by atoms with E-state index < -0.39 is 0 Å². The van der Waals surface area contributed by atoms with Crippen molar-refractivity contribution < 1.29 is 14.3 Å². The number of carbonyl (C=O) groups excluding carboxylic acids is 1. The molecule has 1 amide bonds. The van der Waals surface area contributed by atoms with Crippen molar-refractivity contribution in [2.45, 2.75) is 19.6 Å². The Balaban J connectivity index is 1.55. The summed E-state index contributed by atoms with van der Waals surface area (Å²) >= 11 is 1.42. The van der Waals surface area contributed by atoms with Gasteiger partial charge in [-0.05, 0) is 48.2 Å². The molecule has 134 valence electrons. The number of methoxy groups -OCH3 is 1. The van der Waals surface area contributed by atoms with Crippen LogP contribution >= 0.6 is 11.3 Å². The van der Waals surface area contributed by atoms with Crippen LogP contribution in [0.5, 0.6) is 11.5 Å². The molecule has 0 saturated heterocycles. The Kier molecular flexibility index (Phi) is 5.92. The Hall–Kier alpha value is -2.79. The van der Waals surface area contributed by atoms with Gasteiger partial charge in [0, 0.05) is 5.56 Å². The highest BCUT2D eigenvalue weighted by molar-refractivity contribution is 7.12. The van der Waals surface area contributed by atoms with Gasteiger partial charge >= 0.3 is 0 Å². The van der Waals surface area contributed by atoms with Gasteiger partial charge in [-0.25, -0.2) is 0 Å². The fourth-order valence-corrected chi connectivity index (χ4v) is 3.30. The standard InChI is InChI=1S/C21H21NO3S/c1-15(17-6-4-3-5-7-17)22-21(23)20-12-16(14-26-20)13-25-19-10-8-18(24-2)9-11-19/h3-12,14-15H,13H2,1-2H3,(H,22,23). The number of hydrogen-bond acceptors (Lipinski definition) is 4. The molecule has 0 aliphatic rings. The third-order valence-corrected chi connectivity index (χ3v) is 4.97. The van der Waals surface area contributed by atoms with Gasteiger partial charge in [0.05, 0.1) is 18.0 Å². The van der Waals surface area contributed by atoms with Crippen LogP contribution in [0.15, 0.2) is 66.0 Å². The van der Waals surface area contributed by atoms with E-state index in [2.05, 4.69) is 5.32 Å². The summed E-state index contributed by atoms with van der Waals surface area (Å²) < 4.78 is 10.9. The number of thiophene rings is 1. The first kappa shape index (κ1) is 18.0. The number of hydrogen-bond donors (Lipinski definition) is 1. The Labute approximate surface area is 157 Å². The smallest absolute Gasteiger partial charge is 0.261 e. The monoisotopic (exact) mass is 367 g/mol. The minimum absolute atomic E-state index is 0.0372. The number of benzene rings is 2. The number of ether oxygens (including phenoxy) is 2. The third kappa shape index (κ3) is 4.64. The molecule has 0 saturated carbocycles. The second-order valence-electron chi connectivity index (χ2n) is 5.89. The second kappa shape index (κ2) is 8.54. The summed E-state index contributed by atoms with van der Waals surface area (Å²) in [6.07, 6.45) is 0. The molecule has 1 N–H and O–H groups in total. The van der Waals surface area contributed by atoms with Crippen molar-refractivity contribution in [2.24, 2.45) is 0 Å². The third-order valence-electron chi connectivity index (χ3n) is 3.99. The predicted molar refractivity (Wildman–Crippen MR) is 104 cm³/mol. The van der Waals surface area contributed by atoms with Gasteiger partial charge in [-0.15, -0.1) is 11.3 Å². The van der Waals surface area contributed by atoms with Gasteiger partial charge in [0.2, 0.25) is 0 Å². The molecular weight excluding hydrogens is 346 g/mol. The summed E-state index contributed by atoms with van der Waals surface area (Å²) in [7, 11) is 1.63. The first-order valence-corrected chi connectivity index (χ1v) is 9.24. The zero-order chi connectivity index (χ0) is 18.4. The summed E-state index contributed by atoms with van der Waals surface area (Å²) in [5.74, 6) is 1.49. The molecule has 1 atom stereocenters. The van der Waals surface area contributed by atoms with Gasteiger partial charge < -0.3 is 14.8 Å². The van der Waals surface area contributed by atoms with E-state index in [-0.39, 0.29) is 11.9 Å². The largest absolute Gasteiger partial charge is 0.497 e.